The van der Waals surface area contributed by atoms with E-state index in [1.807, 2.05) is 36.5 Å². The van der Waals surface area contributed by atoms with Gasteiger partial charge in [0.1, 0.15) is 6.07 Å². The van der Waals surface area contributed by atoms with Crippen molar-refractivity contribution in [2.75, 3.05) is 13.2 Å². The van der Waals surface area contributed by atoms with Crippen LogP contribution in [0.1, 0.15) is 24.1 Å². The van der Waals surface area contributed by atoms with E-state index < -0.39 is 0 Å². The van der Waals surface area contributed by atoms with Crippen molar-refractivity contribution in [2.45, 2.75) is 25.5 Å². The molecule has 1 N–H and O–H groups in total. The first kappa shape index (κ1) is 13.9. The van der Waals surface area contributed by atoms with Crippen LogP contribution in [0.3, 0.4) is 0 Å². The topological polar surface area (TPSA) is 50.0 Å². The smallest absolute Gasteiger partial charge is 0.101 e. The average Bonchev–Trinajstić information content (AvgIpc) is 3.19. The molecule has 2 heterocycles. The quantitative estimate of drug-likeness (QED) is 0.916. The summed E-state index contributed by atoms with van der Waals surface area (Å²) in [5.74, 6) is 0. The molecule has 2 aromatic rings. The molecule has 0 saturated carbocycles. The lowest BCUT2D eigenvalue weighted by Crippen LogP contribution is -2.26. The van der Waals surface area contributed by atoms with Gasteiger partial charge in [-0.15, -0.1) is 0 Å². The molecule has 1 unspecified atom stereocenters. The number of hydrogen-bond acceptors (Lipinski definition) is 3. The summed E-state index contributed by atoms with van der Waals surface area (Å²) in [4.78, 5) is 0. The van der Waals surface area contributed by atoms with E-state index in [1.165, 1.54) is 0 Å². The molecule has 0 spiro atoms. The SMILES string of the molecule is N#Cc1ccccc1-n1cccc1CNCC1CCCO1. The predicted octanol–water partition coefficient (Wildman–Crippen LogP) is 2.62. The first-order valence-electron chi connectivity index (χ1n) is 7.36. The number of nitrogens with zero attached hydrogens (tertiary/aromatic N) is 2. The lowest BCUT2D eigenvalue weighted by Gasteiger charge is -2.13. The number of hydrogen-bond donors (Lipinski definition) is 1. The van der Waals surface area contributed by atoms with Gasteiger partial charge in [0.25, 0.3) is 0 Å². The Kier molecular flexibility index (Phi) is 4.34. The summed E-state index contributed by atoms with van der Waals surface area (Å²) in [7, 11) is 0. The largest absolute Gasteiger partial charge is 0.377 e. The Morgan fingerprint density at radius 2 is 2.19 bits per heavy atom. The van der Waals surface area contributed by atoms with E-state index in [4.69, 9.17) is 4.74 Å². The maximum absolute atomic E-state index is 9.23. The summed E-state index contributed by atoms with van der Waals surface area (Å²) in [5, 5.41) is 12.7. The fourth-order valence-electron chi connectivity index (χ4n) is 2.74. The predicted molar refractivity (Wildman–Crippen MR) is 81.2 cm³/mol. The van der Waals surface area contributed by atoms with Gasteiger partial charge in [-0.05, 0) is 37.1 Å². The zero-order valence-corrected chi connectivity index (χ0v) is 12.0. The summed E-state index contributed by atoms with van der Waals surface area (Å²) in [5.41, 5.74) is 2.77. The van der Waals surface area contributed by atoms with E-state index in [2.05, 4.69) is 22.0 Å². The van der Waals surface area contributed by atoms with E-state index in [1.54, 1.807) is 0 Å². The molecule has 0 radical (unpaired) electrons. The standard InChI is InChI=1S/C17H19N3O/c18-11-14-5-1-2-8-17(14)20-9-3-6-15(20)12-19-13-16-7-4-10-21-16/h1-3,5-6,8-9,16,19H,4,7,10,12-13H2. The summed E-state index contributed by atoms with van der Waals surface area (Å²) >= 11 is 0. The first-order chi connectivity index (χ1) is 10.4. The molecule has 1 aliphatic heterocycles. The minimum atomic E-state index is 0.347. The Morgan fingerprint density at radius 1 is 1.29 bits per heavy atom. The maximum atomic E-state index is 9.23. The van der Waals surface area contributed by atoms with Gasteiger partial charge < -0.3 is 14.6 Å². The number of rotatable bonds is 5. The Morgan fingerprint density at radius 3 is 3.00 bits per heavy atom. The van der Waals surface area contributed by atoms with E-state index in [0.717, 1.165) is 43.9 Å². The first-order valence-corrected chi connectivity index (χ1v) is 7.36. The van der Waals surface area contributed by atoms with Crippen molar-refractivity contribution in [3.63, 3.8) is 0 Å². The van der Waals surface area contributed by atoms with Gasteiger partial charge in [0.15, 0.2) is 0 Å². The molecule has 4 nitrogen and oxygen atoms in total. The fourth-order valence-corrected chi connectivity index (χ4v) is 2.74. The molecule has 1 atom stereocenters. The molecular weight excluding hydrogens is 262 g/mol. The van der Waals surface area contributed by atoms with Crippen molar-refractivity contribution in [1.82, 2.24) is 9.88 Å². The highest BCUT2D eigenvalue weighted by Gasteiger charge is 2.15. The molecule has 1 aliphatic rings. The van der Waals surface area contributed by atoms with Crippen LogP contribution in [0, 0.1) is 11.3 Å². The highest BCUT2D eigenvalue weighted by Crippen LogP contribution is 2.17. The summed E-state index contributed by atoms with van der Waals surface area (Å²) < 4.78 is 7.68. The number of ether oxygens (including phenoxy) is 1. The number of benzene rings is 1. The molecular formula is C17H19N3O. The van der Waals surface area contributed by atoms with Gasteiger partial charge in [0.05, 0.1) is 17.4 Å². The molecule has 1 aromatic carbocycles. The normalized spacial score (nSPS) is 17.8. The molecule has 21 heavy (non-hydrogen) atoms. The maximum Gasteiger partial charge on any atom is 0.101 e. The Hall–Kier alpha value is -2.09. The molecule has 3 rings (SSSR count). The van der Waals surface area contributed by atoms with Crippen molar-refractivity contribution in [3.8, 4) is 11.8 Å². The molecule has 108 valence electrons. The molecule has 1 fully saturated rings. The second-order valence-corrected chi connectivity index (χ2v) is 5.26. The van der Waals surface area contributed by atoms with Crippen molar-refractivity contribution >= 4 is 0 Å². The van der Waals surface area contributed by atoms with E-state index in [9.17, 15) is 5.26 Å². The Balaban J connectivity index is 1.70. The van der Waals surface area contributed by atoms with Gasteiger partial charge in [0.2, 0.25) is 0 Å². The summed E-state index contributed by atoms with van der Waals surface area (Å²) in [6, 6.07) is 14.0. The molecule has 0 bridgehead atoms. The fraction of sp³-hybridized carbons (Fsp3) is 0.353. The van der Waals surface area contributed by atoms with Crippen molar-refractivity contribution in [3.05, 3.63) is 53.9 Å². The van der Waals surface area contributed by atoms with Crippen LogP contribution in [-0.2, 0) is 11.3 Å². The lowest BCUT2D eigenvalue weighted by molar-refractivity contribution is 0.110. The minimum Gasteiger partial charge on any atom is -0.377 e. The lowest BCUT2D eigenvalue weighted by atomic mass is 10.2. The third-order valence-electron chi connectivity index (χ3n) is 3.82. The number of nitriles is 1. The Bertz CT molecular complexity index is 635. The second kappa shape index (κ2) is 6.57. The van der Waals surface area contributed by atoms with Gasteiger partial charge in [-0.1, -0.05) is 12.1 Å². The Labute approximate surface area is 125 Å². The molecule has 1 saturated heterocycles. The van der Waals surface area contributed by atoms with Crippen LogP contribution in [0.25, 0.3) is 5.69 Å². The zero-order valence-electron chi connectivity index (χ0n) is 12.0. The van der Waals surface area contributed by atoms with Crippen LogP contribution in [0.4, 0.5) is 0 Å². The monoisotopic (exact) mass is 281 g/mol. The molecule has 1 aromatic heterocycles. The number of aromatic nitrogens is 1. The molecule has 0 aliphatic carbocycles. The van der Waals surface area contributed by atoms with E-state index in [0.29, 0.717) is 11.7 Å². The second-order valence-electron chi connectivity index (χ2n) is 5.26. The molecule has 4 heteroatoms. The summed E-state index contributed by atoms with van der Waals surface area (Å²) in [6.07, 6.45) is 4.66. The highest BCUT2D eigenvalue weighted by molar-refractivity contribution is 5.49. The van der Waals surface area contributed by atoms with Gasteiger partial charge in [-0.2, -0.15) is 5.26 Å². The van der Waals surface area contributed by atoms with E-state index >= 15 is 0 Å². The van der Waals surface area contributed by atoms with Crippen molar-refractivity contribution in [2.24, 2.45) is 0 Å². The van der Waals surface area contributed by atoms with Crippen LogP contribution in [0.5, 0.6) is 0 Å². The van der Waals surface area contributed by atoms with Gasteiger partial charge in [0, 0.05) is 31.6 Å². The third kappa shape index (κ3) is 3.15. The van der Waals surface area contributed by atoms with Crippen molar-refractivity contribution < 1.29 is 4.74 Å². The zero-order chi connectivity index (χ0) is 14.5. The molecule has 0 amide bonds. The van der Waals surface area contributed by atoms with Crippen LogP contribution in [-0.4, -0.2) is 23.8 Å². The highest BCUT2D eigenvalue weighted by atomic mass is 16.5. The average molecular weight is 281 g/mol. The third-order valence-corrected chi connectivity index (χ3v) is 3.82. The van der Waals surface area contributed by atoms with E-state index in [-0.39, 0.29) is 0 Å². The number of para-hydroxylation sites is 1. The minimum absolute atomic E-state index is 0.347. The van der Waals surface area contributed by atoms with Crippen LogP contribution < -0.4 is 5.32 Å². The van der Waals surface area contributed by atoms with Crippen molar-refractivity contribution in [1.29, 1.82) is 5.26 Å². The van der Waals surface area contributed by atoms with Gasteiger partial charge in [-0.25, -0.2) is 0 Å². The van der Waals surface area contributed by atoms with Gasteiger partial charge in [-0.3, -0.25) is 0 Å². The van der Waals surface area contributed by atoms with Gasteiger partial charge >= 0.3 is 0 Å². The summed E-state index contributed by atoms with van der Waals surface area (Å²) in [6.45, 7) is 2.54. The van der Waals surface area contributed by atoms with Crippen LogP contribution in [0.15, 0.2) is 42.6 Å². The van der Waals surface area contributed by atoms with Crippen LogP contribution in [0.2, 0.25) is 0 Å². The number of nitrogens with one attached hydrogen (secondary N) is 1. The van der Waals surface area contributed by atoms with Crippen LogP contribution >= 0.6 is 0 Å².